The lowest BCUT2D eigenvalue weighted by Crippen LogP contribution is -2.42. The van der Waals surface area contributed by atoms with Crippen molar-refractivity contribution in [2.24, 2.45) is 0 Å². The Kier molecular flexibility index (Phi) is 5.77. The summed E-state index contributed by atoms with van der Waals surface area (Å²) in [5.41, 5.74) is 1.68. The molecule has 2 heterocycles. The van der Waals surface area contributed by atoms with Crippen LogP contribution in [0.1, 0.15) is 31.0 Å². The molecule has 0 N–H and O–H groups in total. The first-order valence-electron chi connectivity index (χ1n) is 10.7. The zero-order chi connectivity index (χ0) is 22.1. The summed E-state index contributed by atoms with van der Waals surface area (Å²) in [6, 6.07) is 18.9. The molecule has 0 bridgehead atoms. The number of benzene rings is 2. The monoisotopic (exact) mass is 468 g/mol. The van der Waals surface area contributed by atoms with Gasteiger partial charge in [-0.2, -0.15) is 0 Å². The maximum absolute atomic E-state index is 13.3. The average molecular weight is 469 g/mol. The molecule has 0 spiro atoms. The number of anilines is 1. The third-order valence-corrected chi connectivity index (χ3v) is 8.33. The molecule has 1 saturated carbocycles. The van der Waals surface area contributed by atoms with Crippen LogP contribution in [0.2, 0.25) is 0 Å². The molecule has 32 heavy (non-hydrogen) atoms. The van der Waals surface area contributed by atoms with Crippen LogP contribution in [-0.4, -0.2) is 52.4 Å². The van der Waals surface area contributed by atoms with E-state index in [9.17, 15) is 13.2 Å². The SMILES string of the molecule is O=C(CSc1nc(C2CC2)n(-c2ccccc2)n1)N(c1ccccc1)[C@@H]1CCS(=O)(=O)C1. The van der Waals surface area contributed by atoms with Crippen molar-refractivity contribution in [1.82, 2.24) is 14.8 Å². The number of thioether (sulfide) groups is 1. The predicted molar refractivity (Wildman–Crippen MR) is 125 cm³/mol. The van der Waals surface area contributed by atoms with Gasteiger partial charge in [0, 0.05) is 11.6 Å². The highest BCUT2D eigenvalue weighted by Crippen LogP contribution is 2.40. The van der Waals surface area contributed by atoms with E-state index < -0.39 is 9.84 Å². The maximum Gasteiger partial charge on any atom is 0.237 e. The van der Waals surface area contributed by atoms with Gasteiger partial charge in [0.15, 0.2) is 9.84 Å². The van der Waals surface area contributed by atoms with Crippen LogP contribution in [0.15, 0.2) is 65.8 Å². The minimum absolute atomic E-state index is 0.00497. The summed E-state index contributed by atoms with van der Waals surface area (Å²) < 4.78 is 26.0. The second-order valence-corrected chi connectivity index (χ2v) is 11.4. The number of para-hydroxylation sites is 2. The molecule has 5 rings (SSSR count). The van der Waals surface area contributed by atoms with Gasteiger partial charge >= 0.3 is 0 Å². The van der Waals surface area contributed by atoms with E-state index in [0.29, 0.717) is 17.5 Å². The smallest absolute Gasteiger partial charge is 0.237 e. The van der Waals surface area contributed by atoms with E-state index in [0.717, 1.165) is 30.0 Å². The van der Waals surface area contributed by atoms with E-state index in [1.807, 2.05) is 65.3 Å². The lowest BCUT2D eigenvalue weighted by molar-refractivity contribution is -0.116. The molecule has 0 unspecified atom stereocenters. The van der Waals surface area contributed by atoms with Gasteiger partial charge in [0.2, 0.25) is 11.1 Å². The van der Waals surface area contributed by atoms with Crippen molar-refractivity contribution in [3.63, 3.8) is 0 Å². The number of amides is 1. The molecule has 2 fully saturated rings. The molecule has 1 aliphatic heterocycles. The van der Waals surface area contributed by atoms with Gasteiger partial charge in [-0.1, -0.05) is 48.2 Å². The fraction of sp³-hybridized carbons (Fsp3) is 0.348. The van der Waals surface area contributed by atoms with Crippen molar-refractivity contribution >= 4 is 33.2 Å². The van der Waals surface area contributed by atoms with Crippen molar-refractivity contribution in [2.45, 2.75) is 36.4 Å². The van der Waals surface area contributed by atoms with Gasteiger partial charge in [0.1, 0.15) is 5.82 Å². The summed E-state index contributed by atoms with van der Waals surface area (Å²) in [6.45, 7) is 0. The summed E-state index contributed by atoms with van der Waals surface area (Å²) in [4.78, 5) is 19.6. The molecule has 7 nitrogen and oxygen atoms in total. The number of hydrogen-bond acceptors (Lipinski definition) is 6. The highest BCUT2D eigenvalue weighted by Gasteiger charge is 2.36. The summed E-state index contributed by atoms with van der Waals surface area (Å²) in [6.07, 6.45) is 2.67. The van der Waals surface area contributed by atoms with Crippen molar-refractivity contribution in [3.05, 3.63) is 66.5 Å². The highest BCUT2D eigenvalue weighted by atomic mass is 32.2. The van der Waals surface area contributed by atoms with E-state index >= 15 is 0 Å². The molecule has 1 atom stereocenters. The molecule has 3 aromatic rings. The van der Waals surface area contributed by atoms with Gasteiger partial charge in [0.05, 0.1) is 29.0 Å². The topological polar surface area (TPSA) is 85.2 Å². The van der Waals surface area contributed by atoms with Crippen molar-refractivity contribution in [2.75, 3.05) is 22.2 Å². The Bertz CT molecular complexity index is 1210. The average Bonchev–Trinajstić information content (AvgIpc) is 3.46. The fourth-order valence-corrected chi connectivity index (χ4v) is 6.44. The van der Waals surface area contributed by atoms with E-state index in [1.165, 1.54) is 11.8 Å². The van der Waals surface area contributed by atoms with Crippen LogP contribution < -0.4 is 4.90 Å². The number of carbonyl (C=O) groups excluding carboxylic acids is 1. The molecule has 1 amide bonds. The van der Waals surface area contributed by atoms with E-state index in [2.05, 4.69) is 5.10 Å². The second kappa shape index (κ2) is 8.71. The highest BCUT2D eigenvalue weighted by molar-refractivity contribution is 7.99. The Morgan fingerprint density at radius 1 is 1.03 bits per heavy atom. The molecule has 2 aliphatic rings. The van der Waals surface area contributed by atoms with E-state index in [1.54, 1.807) is 4.90 Å². The molecule has 1 aromatic heterocycles. The number of hydrogen-bond donors (Lipinski definition) is 0. The minimum atomic E-state index is -3.11. The van der Waals surface area contributed by atoms with Crippen LogP contribution in [0.3, 0.4) is 0 Å². The normalized spacial score (nSPS) is 19.7. The first-order chi connectivity index (χ1) is 15.5. The fourth-order valence-electron chi connectivity index (χ4n) is 4.05. The first-order valence-corrected chi connectivity index (χ1v) is 13.5. The van der Waals surface area contributed by atoms with Gasteiger partial charge in [-0.15, -0.1) is 5.10 Å². The van der Waals surface area contributed by atoms with E-state index in [-0.39, 0.29) is 29.2 Å². The standard InChI is InChI=1S/C23H24N4O3S2/c28-21(26(18-7-3-1-4-8-18)20-13-14-32(29,30)16-20)15-31-23-24-22(17-11-12-17)27(25-23)19-9-5-2-6-10-19/h1-10,17,20H,11-16H2/t20-/m1/s1. The van der Waals surface area contributed by atoms with Crippen LogP contribution in [0.25, 0.3) is 5.69 Å². The van der Waals surface area contributed by atoms with Crippen LogP contribution in [0.4, 0.5) is 5.69 Å². The molecule has 1 saturated heterocycles. The Balaban J connectivity index is 1.36. The van der Waals surface area contributed by atoms with Crippen molar-refractivity contribution in [1.29, 1.82) is 0 Å². The molecular formula is C23H24N4O3S2. The Labute approximate surface area is 191 Å². The van der Waals surface area contributed by atoms with Gasteiger partial charge in [-0.3, -0.25) is 4.79 Å². The third kappa shape index (κ3) is 4.59. The Hall–Kier alpha value is -2.65. The number of nitrogens with zero attached hydrogens (tertiary/aromatic N) is 4. The van der Waals surface area contributed by atoms with Crippen molar-refractivity contribution < 1.29 is 13.2 Å². The van der Waals surface area contributed by atoms with Crippen LogP contribution in [0, 0.1) is 0 Å². The summed E-state index contributed by atoms with van der Waals surface area (Å²) in [7, 11) is -3.11. The predicted octanol–water partition coefficient (Wildman–Crippen LogP) is 3.46. The number of sulfone groups is 1. The minimum Gasteiger partial charge on any atom is -0.308 e. The van der Waals surface area contributed by atoms with Crippen LogP contribution in [0.5, 0.6) is 0 Å². The first kappa shape index (κ1) is 21.2. The largest absolute Gasteiger partial charge is 0.308 e. The molecule has 166 valence electrons. The van der Waals surface area contributed by atoms with Crippen LogP contribution >= 0.6 is 11.8 Å². The second-order valence-electron chi connectivity index (χ2n) is 8.22. The quantitative estimate of drug-likeness (QED) is 0.494. The third-order valence-electron chi connectivity index (χ3n) is 5.76. The number of aromatic nitrogens is 3. The number of rotatable bonds is 7. The molecular weight excluding hydrogens is 444 g/mol. The van der Waals surface area contributed by atoms with Gasteiger partial charge in [-0.05, 0) is 43.5 Å². The summed E-state index contributed by atoms with van der Waals surface area (Å²) in [5.74, 6) is 1.49. The summed E-state index contributed by atoms with van der Waals surface area (Å²) in [5, 5.41) is 5.23. The van der Waals surface area contributed by atoms with Crippen molar-refractivity contribution in [3.8, 4) is 5.69 Å². The van der Waals surface area contributed by atoms with Gasteiger partial charge in [0.25, 0.3) is 0 Å². The Morgan fingerprint density at radius 3 is 2.34 bits per heavy atom. The molecule has 1 aliphatic carbocycles. The summed E-state index contributed by atoms with van der Waals surface area (Å²) >= 11 is 1.30. The Morgan fingerprint density at radius 2 is 1.72 bits per heavy atom. The zero-order valence-corrected chi connectivity index (χ0v) is 19.1. The maximum atomic E-state index is 13.3. The molecule has 9 heteroatoms. The van der Waals surface area contributed by atoms with Crippen LogP contribution in [-0.2, 0) is 14.6 Å². The zero-order valence-electron chi connectivity index (χ0n) is 17.5. The lowest BCUT2D eigenvalue weighted by Gasteiger charge is -2.28. The number of carbonyl (C=O) groups is 1. The molecule has 2 aromatic carbocycles. The molecule has 0 radical (unpaired) electrons. The van der Waals surface area contributed by atoms with Gasteiger partial charge in [-0.25, -0.2) is 18.1 Å². The lowest BCUT2D eigenvalue weighted by atomic mass is 10.2. The van der Waals surface area contributed by atoms with Gasteiger partial charge < -0.3 is 4.90 Å². The van der Waals surface area contributed by atoms with E-state index in [4.69, 9.17) is 4.98 Å².